The molecular formula is C19H17FN2O2S2. The van der Waals surface area contributed by atoms with E-state index in [1.54, 1.807) is 29.2 Å². The maximum absolute atomic E-state index is 13.6. The summed E-state index contributed by atoms with van der Waals surface area (Å²) in [6.45, 7) is 1.81. The third-order valence-corrected chi connectivity index (χ3v) is 6.28. The molecule has 1 aliphatic heterocycles. The van der Waals surface area contributed by atoms with E-state index in [1.807, 2.05) is 24.4 Å². The van der Waals surface area contributed by atoms with Gasteiger partial charge in [-0.2, -0.15) is 0 Å². The van der Waals surface area contributed by atoms with Crippen LogP contribution < -0.4 is 5.32 Å². The van der Waals surface area contributed by atoms with Crippen molar-refractivity contribution in [3.8, 4) is 10.8 Å². The molecule has 3 aromatic rings. The second kappa shape index (κ2) is 7.25. The third kappa shape index (κ3) is 3.54. The summed E-state index contributed by atoms with van der Waals surface area (Å²) in [5, 5.41) is 4.98. The largest absolute Gasteiger partial charge is 0.440 e. The summed E-state index contributed by atoms with van der Waals surface area (Å²) in [5.41, 5.74) is 1.49. The van der Waals surface area contributed by atoms with Gasteiger partial charge in [0.05, 0.1) is 23.0 Å². The molecule has 4 rings (SSSR count). The number of nitrogens with zero attached hydrogens (tertiary/aromatic N) is 1. The summed E-state index contributed by atoms with van der Waals surface area (Å²) < 4.78 is 19.3. The SMILES string of the molecule is Cc1oc(-c2cccs2)nc1CC(=O)NC1CCSc2ccc(F)cc21. The van der Waals surface area contributed by atoms with Gasteiger partial charge in [-0.3, -0.25) is 4.79 Å². The molecule has 1 aromatic carbocycles. The minimum absolute atomic E-state index is 0.133. The van der Waals surface area contributed by atoms with Crippen molar-refractivity contribution >= 4 is 29.0 Å². The second-order valence-electron chi connectivity index (χ2n) is 6.12. The first-order valence-corrected chi connectivity index (χ1v) is 10.2. The molecule has 1 atom stereocenters. The molecule has 0 aliphatic carbocycles. The number of carbonyl (C=O) groups is 1. The Kier molecular flexibility index (Phi) is 4.82. The Morgan fingerprint density at radius 1 is 1.42 bits per heavy atom. The predicted molar refractivity (Wildman–Crippen MR) is 101 cm³/mol. The zero-order valence-electron chi connectivity index (χ0n) is 14.1. The highest BCUT2D eigenvalue weighted by Gasteiger charge is 2.24. The number of halogens is 1. The van der Waals surface area contributed by atoms with Crippen LogP contribution in [0.4, 0.5) is 4.39 Å². The summed E-state index contributed by atoms with van der Waals surface area (Å²) in [6, 6.07) is 8.46. The van der Waals surface area contributed by atoms with Crippen molar-refractivity contribution < 1.29 is 13.6 Å². The van der Waals surface area contributed by atoms with Crippen LogP contribution in [-0.4, -0.2) is 16.6 Å². The van der Waals surface area contributed by atoms with E-state index in [2.05, 4.69) is 10.3 Å². The van der Waals surface area contributed by atoms with Crippen molar-refractivity contribution in [1.82, 2.24) is 10.3 Å². The molecule has 134 valence electrons. The Labute approximate surface area is 158 Å². The molecule has 0 fully saturated rings. The van der Waals surface area contributed by atoms with Gasteiger partial charge >= 0.3 is 0 Å². The van der Waals surface area contributed by atoms with E-state index in [-0.39, 0.29) is 24.2 Å². The number of thiophene rings is 1. The van der Waals surface area contributed by atoms with Gasteiger partial charge in [-0.05, 0) is 48.6 Å². The Bertz CT molecular complexity index is 937. The van der Waals surface area contributed by atoms with Gasteiger partial charge in [-0.15, -0.1) is 23.1 Å². The quantitative estimate of drug-likeness (QED) is 0.701. The molecule has 4 nitrogen and oxygen atoms in total. The van der Waals surface area contributed by atoms with Crippen molar-refractivity contribution in [2.24, 2.45) is 0 Å². The zero-order chi connectivity index (χ0) is 18.1. The summed E-state index contributed by atoms with van der Waals surface area (Å²) >= 11 is 3.24. The number of fused-ring (bicyclic) bond motifs is 1. The lowest BCUT2D eigenvalue weighted by Gasteiger charge is -2.26. The third-order valence-electron chi connectivity index (χ3n) is 4.30. The fourth-order valence-corrected chi connectivity index (χ4v) is 4.76. The molecule has 0 saturated heterocycles. The van der Waals surface area contributed by atoms with Gasteiger partial charge in [0.2, 0.25) is 11.8 Å². The number of carbonyl (C=O) groups excluding carboxylic acids is 1. The fourth-order valence-electron chi connectivity index (χ4n) is 3.01. The van der Waals surface area contributed by atoms with Crippen LogP contribution in [0.2, 0.25) is 0 Å². The van der Waals surface area contributed by atoms with Gasteiger partial charge < -0.3 is 9.73 Å². The molecule has 0 radical (unpaired) electrons. The number of oxazole rings is 1. The molecule has 0 saturated carbocycles. The molecule has 1 N–H and O–H groups in total. The molecule has 0 spiro atoms. The van der Waals surface area contributed by atoms with Crippen LogP contribution in [0, 0.1) is 12.7 Å². The number of thioether (sulfide) groups is 1. The minimum atomic E-state index is -0.279. The van der Waals surface area contributed by atoms with Crippen LogP contribution in [0.5, 0.6) is 0 Å². The van der Waals surface area contributed by atoms with E-state index in [0.29, 0.717) is 17.3 Å². The standard InChI is InChI=1S/C19H17FN2O2S2/c1-11-15(22-19(24-11)17-3-2-7-25-17)10-18(23)21-14-6-8-26-16-5-4-12(20)9-13(14)16/h2-5,7,9,14H,6,8,10H2,1H3,(H,21,23). The number of hydrogen-bond acceptors (Lipinski definition) is 5. The van der Waals surface area contributed by atoms with Crippen LogP contribution in [0.3, 0.4) is 0 Å². The van der Waals surface area contributed by atoms with E-state index in [1.165, 1.54) is 12.1 Å². The van der Waals surface area contributed by atoms with Gasteiger partial charge in [0.1, 0.15) is 11.6 Å². The van der Waals surface area contributed by atoms with Gasteiger partial charge in [0.25, 0.3) is 0 Å². The first-order chi connectivity index (χ1) is 12.6. The number of aryl methyl sites for hydroxylation is 1. The number of aromatic nitrogens is 1. The number of benzene rings is 1. The summed E-state index contributed by atoms with van der Waals surface area (Å²) in [4.78, 5) is 19.0. The molecule has 26 heavy (non-hydrogen) atoms. The highest BCUT2D eigenvalue weighted by atomic mass is 32.2. The fraction of sp³-hybridized carbons (Fsp3) is 0.263. The van der Waals surface area contributed by atoms with E-state index >= 15 is 0 Å². The Hall–Kier alpha value is -2.12. The Morgan fingerprint density at radius 3 is 3.12 bits per heavy atom. The topological polar surface area (TPSA) is 55.1 Å². The molecule has 2 aromatic heterocycles. The highest BCUT2D eigenvalue weighted by molar-refractivity contribution is 7.99. The first-order valence-electron chi connectivity index (χ1n) is 8.32. The Morgan fingerprint density at radius 2 is 2.31 bits per heavy atom. The molecule has 1 aliphatic rings. The molecule has 3 heterocycles. The van der Waals surface area contributed by atoms with E-state index in [4.69, 9.17) is 4.42 Å². The summed E-state index contributed by atoms with van der Waals surface area (Å²) in [6.07, 6.45) is 0.931. The van der Waals surface area contributed by atoms with Crippen LogP contribution in [0.15, 0.2) is 45.0 Å². The highest BCUT2D eigenvalue weighted by Crippen LogP contribution is 2.36. The number of nitrogens with one attached hydrogen (secondary N) is 1. The van der Waals surface area contributed by atoms with Crippen molar-refractivity contribution in [1.29, 1.82) is 0 Å². The van der Waals surface area contributed by atoms with Crippen molar-refractivity contribution in [2.45, 2.75) is 30.7 Å². The maximum atomic E-state index is 13.6. The smallest absolute Gasteiger partial charge is 0.236 e. The lowest BCUT2D eigenvalue weighted by molar-refractivity contribution is -0.121. The first kappa shape index (κ1) is 17.3. The number of amides is 1. The van der Waals surface area contributed by atoms with Crippen LogP contribution in [-0.2, 0) is 11.2 Å². The van der Waals surface area contributed by atoms with Gasteiger partial charge in [-0.1, -0.05) is 6.07 Å². The van der Waals surface area contributed by atoms with Gasteiger partial charge in [0, 0.05) is 10.6 Å². The van der Waals surface area contributed by atoms with Crippen molar-refractivity contribution in [2.75, 3.05) is 5.75 Å². The molecule has 7 heteroatoms. The summed E-state index contributed by atoms with van der Waals surface area (Å²) in [7, 11) is 0. The lowest BCUT2D eigenvalue weighted by Crippen LogP contribution is -2.32. The van der Waals surface area contributed by atoms with Gasteiger partial charge in [0.15, 0.2) is 0 Å². The molecule has 0 bridgehead atoms. The normalized spacial score (nSPS) is 16.3. The van der Waals surface area contributed by atoms with Crippen molar-refractivity contribution in [3.05, 3.63) is 58.5 Å². The average molecular weight is 388 g/mol. The zero-order valence-corrected chi connectivity index (χ0v) is 15.8. The van der Waals surface area contributed by atoms with E-state index in [0.717, 1.165) is 27.5 Å². The Balaban J connectivity index is 1.48. The lowest BCUT2D eigenvalue weighted by atomic mass is 10.0. The number of rotatable bonds is 4. The second-order valence-corrected chi connectivity index (χ2v) is 8.20. The van der Waals surface area contributed by atoms with Crippen LogP contribution >= 0.6 is 23.1 Å². The van der Waals surface area contributed by atoms with Crippen molar-refractivity contribution in [3.63, 3.8) is 0 Å². The number of hydrogen-bond donors (Lipinski definition) is 1. The molecular weight excluding hydrogens is 371 g/mol. The van der Waals surface area contributed by atoms with Gasteiger partial charge in [-0.25, -0.2) is 9.37 Å². The average Bonchev–Trinajstić information content (AvgIpc) is 3.26. The summed E-state index contributed by atoms with van der Waals surface area (Å²) in [5.74, 6) is 1.68. The van der Waals surface area contributed by atoms with E-state index in [9.17, 15) is 9.18 Å². The molecule has 1 amide bonds. The predicted octanol–water partition coefficient (Wildman–Crippen LogP) is 4.75. The van der Waals surface area contributed by atoms with E-state index < -0.39 is 0 Å². The van der Waals surface area contributed by atoms with Crippen LogP contribution in [0.25, 0.3) is 10.8 Å². The maximum Gasteiger partial charge on any atom is 0.236 e. The minimum Gasteiger partial charge on any atom is -0.440 e. The monoisotopic (exact) mass is 388 g/mol. The van der Waals surface area contributed by atoms with Crippen LogP contribution in [0.1, 0.15) is 29.5 Å². The molecule has 1 unspecified atom stereocenters.